The summed E-state index contributed by atoms with van der Waals surface area (Å²) in [6.07, 6.45) is -0.981. The fourth-order valence-corrected chi connectivity index (χ4v) is 3.03. The highest BCUT2D eigenvalue weighted by Crippen LogP contribution is 2.20. The Morgan fingerprint density at radius 1 is 1.11 bits per heavy atom. The number of para-hydroxylation sites is 1. The molecule has 1 unspecified atom stereocenters. The lowest BCUT2D eigenvalue weighted by molar-refractivity contribution is -0.123. The van der Waals surface area contributed by atoms with Crippen molar-refractivity contribution in [1.29, 1.82) is 0 Å². The molecule has 3 rings (SSSR count). The first-order valence-electron chi connectivity index (χ1n) is 8.76. The van der Waals surface area contributed by atoms with E-state index in [4.69, 9.17) is 16.3 Å². The van der Waals surface area contributed by atoms with Gasteiger partial charge in [0.05, 0.1) is 17.1 Å². The average Bonchev–Trinajstić information content (AvgIpc) is 2.96. The number of benzene rings is 2. The highest BCUT2D eigenvalue weighted by Gasteiger charge is 2.25. The smallest absolute Gasteiger partial charge is 0.342 e. The number of aryl methyl sites for hydroxylation is 1. The molecule has 6 nitrogen and oxygen atoms in total. The van der Waals surface area contributed by atoms with Crippen LogP contribution in [0.15, 0.2) is 54.6 Å². The molecule has 0 fully saturated rings. The predicted octanol–water partition coefficient (Wildman–Crippen LogP) is 4.33. The predicted molar refractivity (Wildman–Crippen MR) is 108 cm³/mol. The number of hydrogen-bond donors (Lipinski definition) is 1. The maximum Gasteiger partial charge on any atom is 0.342 e. The summed E-state index contributed by atoms with van der Waals surface area (Å²) < 4.78 is 7.06. The third-order valence-electron chi connectivity index (χ3n) is 4.24. The summed E-state index contributed by atoms with van der Waals surface area (Å²) >= 11 is 5.91. The van der Waals surface area contributed by atoms with Gasteiger partial charge >= 0.3 is 5.97 Å². The van der Waals surface area contributed by atoms with Crippen molar-refractivity contribution in [2.24, 2.45) is 0 Å². The Kier molecular flexibility index (Phi) is 5.80. The van der Waals surface area contributed by atoms with E-state index in [0.29, 0.717) is 27.7 Å². The van der Waals surface area contributed by atoms with E-state index in [1.54, 1.807) is 42.8 Å². The summed E-state index contributed by atoms with van der Waals surface area (Å²) in [5.41, 5.74) is 2.91. The zero-order valence-corrected chi connectivity index (χ0v) is 16.5. The van der Waals surface area contributed by atoms with Crippen LogP contribution in [0.3, 0.4) is 0 Å². The van der Waals surface area contributed by atoms with Gasteiger partial charge in [-0.2, -0.15) is 5.10 Å². The SMILES string of the molecule is Cc1nn(-c2ccccc2)c(C)c1C(=O)OC(C)C(=O)Nc1cccc(Cl)c1. The van der Waals surface area contributed by atoms with Crippen molar-refractivity contribution >= 4 is 29.2 Å². The van der Waals surface area contributed by atoms with Gasteiger partial charge in [-0.3, -0.25) is 4.79 Å². The molecule has 0 aliphatic carbocycles. The fraction of sp³-hybridized carbons (Fsp3) is 0.190. The zero-order chi connectivity index (χ0) is 20.3. The van der Waals surface area contributed by atoms with Gasteiger partial charge in [-0.05, 0) is 51.1 Å². The van der Waals surface area contributed by atoms with Gasteiger partial charge in [0, 0.05) is 10.7 Å². The summed E-state index contributed by atoms with van der Waals surface area (Å²) in [6.45, 7) is 5.05. The Morgan fingerprint density at radius 2 is 1.82 bits per heavy atom. The normalized spacial score (nSPS) is 11.7. The minimum atomic E-state index is -0.981. The summed E-state index contributed by atoms with van der Waals surface area (Å²) in [5, 5.41) is 7.61. The molecule has 2 aromatic carbocycles. The number of halogens is 1. The Balaban J connectivity index is 1.74. The van der Waals surface area contributed by atoms with Crippen LogP contribution >= 0.6 is 11.6 Å². The number of carbonyl (C=O) groups is 2. The number of rotatable bonds is 5. The minimum Gasteiger partial charge on any atom is -0.449 e. The quantitative estimate of drug-likeness (QED) is 0.650. The van der Waals surface area contributed by atoms with Crippen LogP contribution in [0.2, 0.25) is 5.02 Å². The van der Waals surface area contributed by atoms with E-state index in [-0.39, 0.29) is 0 Å². The number of ether oxygens (including phenoxy) is 1. The molecule has 0 saturated heterocycles. The second-order valence-electron chi connectivity index (χ2n) is 6.34. The van der Waals surface area contributed by atoms with Crippen LogP contribution in [-0.4, -0.2) is 27.8 Å². The van der Waals surface area contributed by atoms with Gasteiger partial charge in [-0.25, -0.2) is 9.48 Å². The monoisotopic (exact) mass is 397 g/mol. The second-order valence-corrected chi connectivity index (χ2v) is 6.78. The summed E-state index contributed by atoms with van der Waals surface area (Å²) in [7, 11) is 0. The van der Waals surface area contributed by atoms with Crippen molar-refractivity contribution < 1.29 is 14.3 Å². The van der Waals surface area contributed by atoms with Crippen LogP contribution in [0.5, 0.6) is 0 Å². The summed E-state index contributed by atoms with van der Waals surface area (Å²) in [4.78, 5) is 25.0. The fourth-order valence-electron chi connectivity index (χ4n) is 2.84. The maximum atomic E-state index is 12.7. The molecule has 7 heteroatoms. The lowest BCUT2D eigenvalue weighted by Gasteiger charge is -2.14. The molecule has 0 aliphatic heterocycles. The van der Waals surface area contributed by atoms with Crippen molar-refractivity contribution in [3.63, 3.8) is 0 Å². The number of anilines is 1. The second kappa shape index (κ2) is 8.27. The van der Waals surface area contributed by atoms with Crippen molar-refractivity contribution in [3.05, 3.63) is 76.6 Å². The first kappa shape index (κ1) is 19.6. The van der Waals surface area contributed by atoms with E-state index in [1.807, 2.05) is 30.3 Å². The van der Waals surface area contributed by atoms with E-state index in [9.17, 15) is 9.59 Å². The zero-order valence-electron chi connectivity index (χ0n) is 15.8. The number of nitrogens with one attached hydrogen (secondary N) is 1. The van der Waals surface area contributed by atoms with Crippen LogP contribution in [0, 0.1) is 13.8 Å². The van der Waals surface area contributed by atoms with Crippen molar-refractivity contribution in [3.8, 4) is 5.69 Å². The van der Waals surface area contributed by atoms with Crippen LogP contribution in [0.4, 0.5) is 5.69 Å². The molecular formula is C21H20ClN3O3. The van der Waals surface area contributed by atoms with Crippen LogP contribution in [0.25, 0.3) is 5.69 Å². The first-order valence-corrected chi connectivity index (χ1v) is 9.13. The van der Waals surface area contributed by atoms with Gasteiger partial charge in [0.2, 0.25) is 0 Å². The lowest BCUT2D eigenvalue weighted by Crippen LogP contribution is -2.30. The maximum absolute atomic E-state index is 12.7. The van der Waals surface area contributed by atoms with Gasteiger partial charge in [-0.15, -0.1) is 0 Å². The molecule has 0 spiro atoms. The molecule has 1 atom stereocenters. The van der Waals surface area contributed by atoms with E-state index in [1.165, 1.54) is 6.92 Å². The number of amides is 1. The molecule has 1 aromatic heterocycles. The van der Waals surface area contributed by atoms with Gasteiger partial charge in [-0.1, -0.05) is 35.9 Å². The molecular weight excluding hydrogens is 378 g/mol. The van der Waals surface area contributed by atoms with E-state index >= 15 is 0 Å². The number of nitrogens with zero attached hydrogens (tertiary/aromatic N) is 2. The molecule has 1 N–H and O–H groups in total. The Morgan fingerprint density at radius 3 is 2.50 bits per heavy atom. The molecule has 0 aliphatic rings. The number of carbonyl (C=O) groups excluding carboxylic acids is 2. The van der Waals surface area contributed by atoms with E-state index in [2.05, 4.69) is 10.4 Å². The molecule has 1 amide bonds. The summed E-state index contributed by atoms with van der Waals surface area (Å²) in [5.74, 6) is -1.03. The third-order valence-corrected chi connectivity index (χ3v) is 4.48. The van der Waals surface area contributed by atoms with Gasteiger partial charge in [0.15, 0.2) is 6.10 Å². The molecule has 28 heavy (non-hydrogen) atoms. The van der Waals surface area contributed by atoms with Crippen molar-refractivity contribution in [2.75, 3.05) is 5.32 Å². The van der Waals surface area contributed by atoms with Crippen LogP contribution in [-0.2, 0) is 9.53 Å². The molecule has 0 saturated carbocycles. The first-order chi connectivity index (χ1) is 13.4. The topological polar surface area (TPSA) is 73.2 Å². The standard InChI is InChI=1S/C21H20ClN3O3/c1-13-19(14(2)25(24-13)18-10-5-4-6-11-18)21(27)28-15(3)20(26)23-17-9-7-8-16(22)12-17/h4-12,15H,1-3H3,(H,23,26). The Bertz CT molecular complexity index is 1010. The van der Waals surface area contributed by atoms with Gasteiger partial charge < -0.3 is 10.1 Å². The van der Waals surface area contributed by atoms with Crippen LogP contribution < -0.4 is 5.32 Å². The Labute approximate surface area is 168 Å². The average molecular weight is 398 g/mol. The highest BCUT2D eigenvalue weighted by molar-refractivity contribution is 6.30. The number of aromatic nitrogens is 2. The largest absolute Gasteiger partial charge is 0.449 e. The minimum absolute atomic E-state index is 0.353. The van der Waals surface area contributed by atoms with Gasteiger partial charge in [0.1, 0.15) is 5.56 Å². The number of hydrogen-bond acceptors (Lipinski definition) is 4. The molecule has 144 valence electrons. The molecule has 0 bridgehead atoms. The molecule has 0 radical (unpaired) electrons. The molecule has 1 heterocycles. The van der Waals surface area contributed by atoms with Crippen molar-refractivity contribution in [2.45, 2.75) is 26.9 Å². The molecule has 3 aromatic rings. The highest BCUT2D eigenvalue weighted by atomic mass is 35.5. The third kappa shape index (κ3) is 4.23. The van der Waals surface area contributed by atoms with Crippen LogP contribution in [0.1, 0.15) is 28.7 Å². The number of esters is 1. The lowest BCUT2D eigenvalue weighted by atomic mass is 10.2. The van der Waals surface area contributed by atoms with Gasteiger partial charge in [0.25, 0.3) is 5.91 Å². The van der Waals surface area contributed by atoms with E-state index < -0.39 is 18.0 Å². The Hall–Kier alpha value is -3.12. The van der Waals surface area contributed by atoms with E-state index in [0.717, 1.165) is 5.69 Å². The summed E-state index contributed by atoms with van der Waals surface area (Å²) in [6, 6.07) is 16.2. The van der Waals surface area contributed by atoms with Crippen molar-refractivity contribution in [1.82, 2.24) is 9.78 Å².